The monoisotopic (exact) mass is 233 g/mol. The third kappa shape index (κ3) is 2.13. The van der Waals surface area contributed by atoms with Crippen molar-refractivity contribution in [3.8, 4) is 0 Å². The van der Waals surface area contributed by atoms with Crippen LogP contribution in [0.25, 0.3) is 0 Å². The Balaban J connectivity index is 2.40. The van der Waals surface area contributed by atoms with Crippen LogP contribution in [0.2, 0.25) is 0 Å². The van der Waals surface area contributed by atoms with Crippen molar-refractivity contribution in [1.82, 2.24) is 0 Å². The van der Waals surface area contributed by atoms with Gasteiger partial charge in [-0.3, -0.25) is 4.79 Å². The van der Waals surface area contributed by atoms with Crippen molar-refractivity contribution in [3.05, 3.63) is 34.4 Å². The first-order valence-electron chi connectivity index (χ1n) is 5.93. The predicted molar refractivity (Wildman–Crippen MR) is 67.3 cm³/mol. The largest absolute Gasteiger partial charge is 0.379 e. The number of carbonyl (C=O) groups is 1. The zero-order valence-electron chi connectivity index (χ0n) is 10.7. The van der Waals surface area contributed by atoms with Crippen LogP contribution in [0, 0.1) is 20.8 Å². The van der Waals surface area contributed by atoms with Crippen molar-refractivity contribution in [3.63, 3.8) is 0 Å². The summed E-state index contributed by atoms with van der Waals surface area (Å²) in [5, 5.41) is 0. The molecule has 1 saturated heterocycles. The topological polar surface area (TPSA) is 52.3 Å². The molecule has 3 heteroatoms. The summed E-state index contributed by atoms with van der Waals surface area (Å²) in [7, 11) is 0. The fraction of sp³-hybridized carbons (Fsp3) is 0.500. The van der Waals surface area contributed by atoms with E-state index in [1.807, 2.05) is 32.9 Å². The van der Waals surface area contributed by atoms with E-state index in [4.69, 9.17) is 10.5 Å². The first kappa shape index (κ1) is 12.3. The Labute approximate surface area is 102 Å². The Bertz CT molecular complexity index is 460. The normalized spacial score (nSPS) is 24.0. The lowest BCUT2D eigenvalue weighted by Crippen LogP contribution is -2.48. The molecule has 2 N–H and O–H groups in total. The van der Waals surface area contributed by atoms with Crippen molar-refractivity contribution in [2.75, 3.05) is 13.2 Å². The Kier molecular flexibility index (Phi) is 3.06. The molecule has 0 aromatic heterocycles. The minimum Gasteiger partial charge on any atom is -0.379 e. The second-order valence-corrected chi connectivity index (χ2v) is 5.04. The number of hydrogen-bond donors (Lipinski definition) is 1. The number of nitrogens with two attached hydrogens (primary N) is 1. The molecule has 0 bridgehead atoms. The van der Waals surface area contributed by atoms with Gasteiger partial charge in [-0.2, -0.15) is 0 Å². The first-order valence-corrected chi connectivity index (χ1v) is 5.93. The third-order valence-electron chi connectivity index (χ3n) is 3.59. The van der Waals surface area contributed by atoms with Crippen molar-refractivity contribution in [2.24, 2.45) is 5.73 Å². The zero-order valence-corrected chi connectivity index (χ0v) is 10.7. The highest BCUT2D eigenvalue weighted by Crippen LogP contribution is 2.24. The van der Waals surface area contributed by atoms with Crippen LogP contribution in [0.3, 0.4) is 0 Å². The number of aryl methyl sites for hydroxylation is 3. The van der Waals surface area contributed by atoms with Crippen molar-refractivity contribution < 1.29 is 9.53 Å². The summed E-state index contributed by atoms with van der Waals surface area (Å²) in [5.74, 6) is 0.00981. The van der Waals surface area contributed by atoms with E-state index in [9.17, 15) is 4.79 Å². The maximum absolute atomic E-state index is 12.4. The van der Waals surface area contributed by atoms with Gasteiger partial charge in [-0.05, 0) is 49.9 Å². The highest BCUT2D eigenvalue weighted by atomic mass is 16.5. The van der Waals surface area contributed by atoms with Gasteiger partial charge in [0.2, 0.25) is 0 Å². The molecule has 1 atom stereocenters. The number of Topliss-reactive ketones (excluding diaryl/α,β-unsaturated/α-hetero) is 1. The molecular weight excluding hydrogens is 214 g/mol. The van der Waals surface area contributed by atoms with E-state index < -0.39 is 5.54 Å². The average Bonchev–Trinajstić information content (AvgIpc) is 2.71. The van der Waals surface area contributed by atoms with Gasteiger partial charge in [-0.15, -0.1) is 0 Å². The molecule has 1 fully saturated rings. The molecule has 0 amide bonds. The highest BCUT2D eigenvalue weighted by molar-refractivity contribution is 6.04. The number of benzene rings is 1. The lowest BCUT2D eigenvalue weighted by molar-refractivity contribution is 0.0862. The van der Waals surface area contributed by atoms with Crippen LogP contribution in [0.15, 0.2) is 12.1 Å². The number of hydrogen-bond acceptors (Lipinski definition) is 3. The van der Waals surface area contributed by atoms with Gasteiger partial charge in [0.1, 0.15) is 5.54 Å². The maximum atomic E-state index is 12.4. The standard InChI is InChI=1S/C14H19NO2/c1-9-6-11(3)12(7-10(9)2)13(16)14(15)4-5-17-8-14/h6-7H,4-5,8,15H2,1-3H3. The molecule has 0 spiro atoms. The SMILES string of the molecule is Cc1cc(C)c(C(=O)C2(N)CCOC2)cc1C. The molecule has 0 saturated carbocycles. The molecule has 2 rings (SSSR count). The molecule has 1 heterocycles. The van der Waals surface area contributed by atoms with Gasteiger partial charge < -0.3 is 10.5 Å². The minimum atomic E-state index is -0.827. The second-order valence-electron chi connectivity index (χ2n) is 5.04. The van der Waals surface area contributed by atoms with E-state index in [1.54, 1.807) is 0 Å². The number of ether oxygens (including phenoxy) is 1. The summed E-state index contributed by atoms with van der Waals surface area (Å²) >= 11 is 0. The van der Waals surface area contributed by atoms with E-state index >= 15 is 0 Å². The zero-order chi connectivity index (χ0) is 12.6. The van der Waals surface area contributed by atoms with E-state index in [-0.39, 0.29) is 5.78 Å². The van der Waals surface area contributed by atoms with Gasteiger partial charge in [0.25, 0.3) is 0 Å². The average molecular weight is 233 g/mol. The molecule has 1 aromatic rings. The fourth-order valence-electron chi connectivity index (χ4n) is 2.23. The van der Waals surface area contributed by atoms with Gasteiger partial charge >= 0.3 is 0 Å². The van der Waals surface area contributed by atoms with Crippen LogP contribution in [0.1, 0.15) is 33.5 Å². The van der Waals surface area contributed by atoms with Crippen molar-refractivity contribution in [2.45, 2.75) is 32.7 Å². The summed E-state index contributed by atoms with van der Waals surface area (Å²) in [6, 6.07) is 3.99. The molecule has 0 aliphatic carbocycles. The third-order valence-corrected chi connectivity index (χ3v) is 3.59. The number of carbonyl (C=O) groups excluding carboxylic acids is 1. The molecule has 92 valence electrons. The molecule has 1 aliphatic heterocycles. The first-order chi connectivity index (χ1) is 7.94. The summed E-state index contributed by atoms with van der Waals surface area (Å²) in [6.45, 7) is 6.93. The molecule has 0 radical (unpaired) electrons. The summed E-state index contributed by atoms with van der Waals surface area (Å²) in [5.41, 5.74) is 9.35. The Morgan fingerprint density at radius 1 is 1.24 bits per heavy atom. The second kappa shape index (κ2) is 4.24. The van der Waals surface area contributed by atoms with Crippen LogP contribution in [-0.4, -0.2) is 24.5 Å². The van der Waals surface area contributed by atoms with Crippen molar-refractivity contribution >= 4 is 5.78 Å². The van der Waals surface area contributed by atoms with Gasteiger partial charge in [0, 0.05) is 12.2 Å². The lowest BCUT2D eigenvalue weighted by Gasteiger charge is -2.21. The van der Waals surface area contributed by atoms with E-state index in [0.717, 1.165) is 16.7 Å². The van der Waals surface area contributed by atoms with Crippen LogP contribution >= 0.6 is 0 Å². The van der Waals surface area contributed by atoms with Crippen LogP contribution in [-0.2, 0) is 4.74 Å². The molecule has 1 aromatic carbocycles. The lowest BCUT2D eigenvalue weighted by atomic mass is 9.86. The van der Waals surface area contributed by atoms with Gasteiger partial charge in [-0.1, -0.05) is 6.07 Å². The molecule has 3 nitrogen and oxygen atoms in total. The quantitative estimate of drug-likeness (QED) is 0.794. The fourth-order valence-corrected chi connectivity index (χ4v) is 2.23. The molecule has 1 aliphatic rings. The number of rotatable bonds is 2. The maximum Gasteiger partial charge on any atom is 0.185 e. The number of ketones is 1. The molecule has 17 heavy (non-hydrogen) atoms. The van der Waals surface area contributed by atoms with Gasteiger partial charge in [0.05, 0.1) is 6.61 Å². The predicted octanol–water partition coefficient (Wildman–Crippen LogP) is 1.91. The van der Waals surface area contributed by atoms with Crippen LogP contribution in [0.4, 0.5) is 0 Å². The van der Waals surface area contributed by atoms with Crippen LogP contribution < -0.4 is 5.73 Å². The summed E-state index contributed by atoms with van der Waals surface area (Å²) in [4.78, 5) is 12.4. The Morgan fingerprint density at radius 2 is 1.88 bits per heavy atom. The van der Waals surface area contributed by atoms with E-state index in [2.05, 4.69) is 0 Å². The highest BCUT2D eigenvalue weighted by Gasteiger charge is 2.39. The van der Waals surface area contributed by atoms with E-state index in [0.29, 0.717) is 19.6 Å². The van der Waals surface area contributed by atoms with Crippen LogP contribution in [0.5, 0.6) is 0 Å². The van der Waals surface area contributed by atoms with Gasteiger partial charge in [-0.25, -0.2) is 0 Å². The van der Waals surface area contributed by atoms with Gasteiger partial charge in [0.15, 0.2) is 5.78 Å². The molecule has 1 unspecified atom stereocenters. The van der Waals surface area contributed by atoms with Crippen molar-refractivity contribution in [1.29, 1.82) is 0 Å². The Morgan fingerprint density at radius 3 is 2.47 bits per heavy atom. The van der Waals surface area contributed by atoms with E-state index in [1.165, 1.54) is 5.56 Å². The molecular formula is C14H19NO2. The summed E-state index contributed by atoms with van der Waals surface area (Å²) < 4.78 is 5.25. The smallest absolute Gasteiger partial charge is 0.185 e. The summed E-state index contributed by atoms with van der Waals surface area (Å²) in [6.07, 6.45) is 0.609. The Hall–Kier alpha value is -1.19. The minimum absolute atomic E-state index is 0.00981.